The number of likely N-dealkylation sites (tertiary alicyclic amines) is 1. The Bertz CT molecular complexity index is 968. The van der Waals surface area contributed by atoms with Gasteiger partial charge in [0.25, 0.3) is 0 Å². The van der Waals surface area contributed by atoms with Crippen molar-refractivity contribution in [3.05, 3.63) is 42.2 Å². The molecule has 7 heteroatoms. The van der Waals surface area contributed by atoms with Gasteiger partial charge in [0.2, 0.25) is 0 Å². The summed E-state index contributed by atoms with van der Waals surface area (Å²) < 4.78 is 13.1. The van der Waals surface area contributed by atoms with Crippen LogP contribution in [0.25, 0.3) is 10.2 Å². The van der Waals surface area contributed by atoms with Gasteiger partial charge in [0.15, 0.2) is 16.6 Å². The number of anilines is 1. The molecule has 2 aromatic heterocycles. The topological polar surface area (TPSA) is 73.5 Å². The van der Waals surface area contributed by atoms with Crippen molar-refractivity contribution in [3.8, 4) is 11.5 Å². The molecular formula is C21H24N4O2S. The molecule has 1 fully saturated rings. The van der Waals surface area contributed by atoms with E-state index in [1.54, 1.807) is 0 Å². The van der Waals surface area contributed by atoms with Crippen LogP contribution in [0.3, 0.4) is 0 Å². The number of fused-ring (bicyclic) bond motifs is 2. The number of benzene rings is 1. The molecule has 1 aromatic carbocycles. The number of piperidine rings is 1. The van der Waals surface area contributed by atoms with Gasteiger partial charge in [0.05, 0.1) is 10.4 Å². The lowest BCUT2D eigenvalue weighted by molar-refractivity contribution is 0.0477. The maximum atomic E-state index is 6.11. The normalized spacial score (nSPS) is 20.5. The van der Waals surface area contributed by atoms with Crippen molar-refractivity contribution in [2.75, 3.05) is 32.0 Å². The third kappa shape index (κ3) is 3.64. The number of ether oxygens (including phenoxy) is 2. The van der Waals surface area contributed by atoms with E-state index in [1.165, 1.54) is 24.2 Å². The minimum Gasteiger partial charge on any atom is -0.486 e. The van der Waals surface area contributed by atoms with E-state index in [9.17, 15) is 0 Å². The van der Waals surface area contributed by atoms with Crippen LogP contribution in [0.15, 0.2) is 36.5 Å². The average Bonchev–Trinajstić information content (AvgIpc) is 3.11. The molecule has 4 heterocycles. The standard InChI is InChI=1S/C21H24N4O2S/c22-21-24-20-16(23-8-5-19(20)28-21)11-14-6-9-25(10-7-14)12-15-13-26-17-3-1-2-4-18(17)27-15/h1-5,8,14-15H,6-7,9-13H2,(H2,22,24). The van der Waals surface area contributed by atoms with Gasteiger partial charge in [-0.15, -0.1) is 0 Å². The Morgan fingerprint density at radius 1 is 1.14 bits per heavy atom. The molecule has 1 unspecified atom stereocenters. The van der Waals surface area contributed by atoms with Crippen molar-refractivity contribution in [2.45, 2.75) is 25.4 Å². The second kappa shape index (κ2) is 7.56. The molecule has 28 heavy (non-hydrogen) atoms. The Hall–Kier alpha value is -2.38. The number of nitrogens with zero attached hydrogens (tertiary/aromatic N) is 3. The van der Waals surface area contributed by atoms with Crippen LogP contribution in [-0.4, -0.2) is 47.2 Å². The van der Waals surface area contributed by atoms with Gasteiger partial charge in [-0.25, -0.2) is 4.98 Å². The van der Waals surface area contributed by atoms with E-state index in [2.05, 4.69) is 14.9 Å². The molecule has 0 bridgehead atoms. The lowest BCUT2D eigenvalue weighted by Crippen LogP contribution is -2.44. The number of thiazole rings is 1. The maximum Gasteiger partial charge on any atom is 0.181 e. The molecule has 0 spiro atoms. The first-order valence-electron chi connectivity index (χ1n) is 9.85. The molecule has 6 nitrogen and oxygen atoms in total. The Morgan fingerprint density at radius 2 is 1.96 bits per heavy atom. The molecular weight excluding hydrogens is 372 g/mol. The highest BCUT2D eigenvalue weighted by Gasteiger charge is 2.26. The number of aromatic nitrogens is 2. The fourth-order valence-corrected chi connectivity index (χ4v) is 4.91. The van der Waals surface area contributed by atoms with E-state index in [-0.39, 0.29) is 6.10 Å². The van der Waals surface area contributed by atoms with Crippen LogP contribution >= 0.6 is 11.3 Å². The van der Waals surface area contributed by atoms with Gasteiger partial charge < -0.3 is 15.2 Å². The first-order chi connectivity index (χ1) is 13.7. The quantitative estimate of drug-likeness (QED) is 0.729. The van der Waals surface area contributed by atoms with E-state index < -0.39 is 0 Å². The summed E-state index contributed by atoms with van der Waals surface area (Å²) in [4.78, 5) is 11.6. The van der Waals surface area contributed by atoms with Gasteiger partial charge >= 0.3 is 0 Å². The van der Waals surface area contributed by atoms with E-state index in [4.69, 9.17) is 15.2 Å². The molecule has 0 aliphatic carbocycles. The summed E-state index contributed by atoms with van der Waals surface area (Å²) in [6, 6.07) is 9.90. The Kier molecular flexibility index (Phi) is 4.78. The number of nitrogens with two attached hydrogens (primary N) is 1. The monoisotopic (exact) mass is 396 g/mol. The number of pyridine rings is 1. The molecule has 0 saturated carbocycles. The predicted molar refractivity (Wildman–Crippen MR) is 111 cm³/mol. The van der Waals surface area contributed by atoms with Crippen molar-refractivity contribution in [2.24, 2.45) is 5.92 Å². The Morgan fingerprint density at radius 3 is 2.82 bits per heavy atom. The van der Waals surface area contributed by atoms with Crippen molar-refractivity contribution >= 4 is 26.7 Å². The van der Waals surface area contributed by atoms with E-state index in [0.717, 1.165) is 53.5 Å². The van der Waals surface area contributed by atoms with Crippen LogP contribution in [0.2, 0.25) is 0 Å². The zero-order valence-electron chi connectivity index (χ0n) is 15.7. The fourth-order valence-electron chi connectivity index (χ4n) is 4.16. The number of para-hydroxylation sites is 2. The Balaban J connectivity index is 1.16. The van der Waals surface area contributed by atoms with Gasteiger partial charge in [-0.1, -0.05) is 23.5 Å². The third-order valence-electron chi connectivity index (χ3n) is 5.62. The van der Waals surface area contributed by atoms with Crippen LogP contribution in [0, 0.1) is 5.92 Å². The largest absolute Gasteiger partial charge is 0.486 e. The van der Waals surface area contributed by atoms with Gasteiger partial charge in [-0.3, -0.25) is 9.88 Å². The molecule has 0 amide bonds. The van der Waals surface area contributed by atoms with Gasteiger partial charge in [0.1, 0.15) is 18.2 Å². The number of rotatable bonds is 4. The molecule has 3 aromatic rings. The zero-order chi connectivity index (χ0) is 18.9. The van der Waals surface area contributed by atoms with Crippen molar-refractivity contribution in [3.63, 3.8) is 0 Å². The van der Waals surface area contributed by atoms with Crippen LogP contribution < -0.4 is 15.2 Å². The highest BCUT2D eigenvalue weighted by Crippen LogP contribution is 2.32. The van der Waals surface area contributed by atoms with Gasteiger partial charge in [-0.2, -0.15) is 0 Å². The minimum absolute atomic E-state index is 0.0971. The summed E-state index contributed by atoms with van der Waals surface area (Å²) in [6.07, 6.45) is 5.29. The highest BCUT2D eigenvalue weighted by molar-refractivity contribution is 7.22. The summed E-state index contributed by atoms with van der Waals surface area (Å²) in [7, 11) is 0. The van der Waals surface area contributed by atoms with Gasteiger partial charge in [-0.05, 0) is 56.5 Å². The van der Waals surface area contributed by atoms with Crippen molar-refractivity contribution in [1.29, 1.82) is 0 Å². The van der Waals surface area contributed by atoms with E-state index >= 15 is 0 Å². The average molecular weight is 397 g/mol. The summed E-state index contributed by atoms with van der Waals surface area (Å²) in [5, 5.41) is 0.621. The second-order valence-electron chi connectivity index (χ2n) is 7.60. The minimum atomic E-state index is 0.0971. The lowest BCUT2D eigenvalue weighted by atomic mass is 9.91. The molecule has 2 aliphatic rings. The predicted octanol–water partition coefficient (Wildman–Crippen LogP) is 3.37. The van der Waals surface area contributed by atoms with Gasteiger partial charge in [0, 0.05) is 12.7 Å². The molecule has 5 rings (SSSR count). The summed E-state index contributed by atoms with van der Waals surface area (Å²) >= 11 is 1.54. The molecule has 1 atom stereocenters. The summed E-state index contributed by atoms with van der Waals surface area (Å²) in [5.74, 6) is 2.35. The highest BCUT2D eigenvalue weighted by atomic mass is 32.1. The maximum absolute atomic E-state index is 6.11. The van der Waals surface area contributed by atoms with Crippen molar-refractivity contribution < 1.29 is 9.47 Å². The first kappa shape index (κ1) is 17.7. The molecule has 146 valence electrons. The number of nitrogen functional groups attached to an aromatic ring is 1. The fraction of sp³-hybridized carbons (Fsp3) is 0.429. The van der Waals surface area contributed by atoms with Crippen LogP contribution in [0.5, 0.6) is 11.5 Å². The third-order valence-corrected chi connectivity index (χ3v) is 6.47. The smallest absolute Gasteiger partial charge is 0.181 e. The second-order valence-corrected chi connectivity index (χ2v) is 8.66. The summed E-state index contributed by atoms with van der Waals surface area (Å²) in [5.41, 5.74) is 7.95. The first-order valence-corrected chi connectivity index (χ1v) is 10.7. The molecule has 2 N–H and O–H groups in total. The SMILES string of the molecule is Nc1nc2c(CC3CCN(CC4COc5ccccc5O4)CC3)nccc2s1. The zero-order valence-corrected chi connectivity index (χ0v) is 16.5. The molecule has 2 aliphatic heterocycles. The van der Waals surface area contributed by atoms with E-state index in [0.29, 0.717) is 17.7 Å². The number of hydrogen-bond acceptors (Lipinski definition) is 7. The summed E-state index contributed by atoms with van der Waals surface area (Å²) in [6.45, 7) is 3.70. The van der Waals surface area contributed by atoms with Crippen molar-refractivity contribution in [1.82, 2.24) is 14.9 Å². The molecule has 0 radical (unpaired) electrons. The van der Waals surface area contributed by atoms with Crippen LogP contribution in [0.1, 0.15) is 18.5 Å². The van der Waals surface area contributed by atoms with Crippen LogP contribution in [0.4, 0.5) is 5.13 Å². The van der Waals surface area contributed by atoms with E-state index in [1.807, 2.05) is 36.5 Å². The van der Waals surface area contributed by atoms with Crippen LogP contribution in [-0.2, 0) is 6.42 Å². The lowest BCUT2D eigenvalue weighted by Gasteiger charge is -2.35. The number of hydrogen-bond donors (Lipinski definition) is 1. The Labute approximate surface area is 168 Å². The molecule has 1 saturated heterocycles.